The van der Waals surface area contributed by atoms with Crippen LogP contribution in [0.25, 0.3) is 83.2 Å². The maximum absolute atomic E-state index is 5.18. The Morgan fingerprint density at radius 3 is 1.84 bits per heavy atom. The van der Waals surface area contributed by atoms with Crippen molar-refractivity contribution in [3.05, 3.63) is 191 Å². The molecule has 2 aliphatic rings. The summed E-state index contributed by atoms with van der Waals surface area (Å²) in [5, 5.41) is 2.52. The van der Waals surface area contributed by atoms with E-state index in [1.165, 1.54) is 69.9 Å². The third kappa shape index (κ3) is 6.45. The Morgan fingerprint density at radius 1 is 0.436 bits per heavy atom. The SMILES string of the molecule is C1=CC(c2nc(C3=c4c(sc5ccc(-c6cccc(-c7ccccc7-c7ccc(-c8ccccc8)cc7)c6)cc45)=CCC3)nc(-c3ccccc3)n2)=CCC1. The molecular formula is C51H37N3S. The second kappa shape index (κ2) is 14.4. The second-order valence-electron chi connectivity index (χ2n) is 14.2. The molecule has 55 heavy (non-hydrogen) atoms. The van der Waals surface area contributed by atoms with E-state index in [0.29, 0.717) is 5.82 Å². The van der Waals surface area contributed by atoms with E-state index in [0.717, 1.165) is 48.5 Å². The van der Waals surface area contributed by atoms with E-state index in [4.69, 9.17) is 15.0 Å². The Balaban J connectivity index is 1.07. The van der Waals surface area contributed by atoms with Crippen LogP contribution < -0.4 is 9.75 Å². The Bertz CT molecular complexity index is 2900. The van der Waals surface area contributed by atoms with E-state index in [9.17, 15) is 0 Å². The average Bonchev–Trinajstić information content (AvgIpc) is 3.66. The fraction of sp³-hybridized carbons (Fsp3) is 0.0784. The molecule has 0 fully saturated rings. The molecule has 0 N–H and O–H groups in total. The predicted molar refractivity (Wildman–Crippen MR) is 231 cm³/mol. The summed E-state index contributed by atoms with van der Waals surface area (Å²) in [5.41, 5.74) is 13.0. The number of benzene rings is 6. The van der Waals surface area contributed by atoms with Gasteiger partial charge in [-0.1, -0.05) is 158 Å². The maximum Gasteiger partial charge on any atom is 0.164 e. The van der Waals surface area contributed by atoms with Crippen molar-refractivity contribution in [2.45, 2.75) is 25.7 Å². The standard InChI is InChI=1S/C51H37N3S/c1-4-14-34(15-5-1)35-26-28-36(29-27-35)42-22-10-11-23-43(42)41-21-12-20-39(32-41)40-30-31-46-45(33-40)48-44(24-13-25-47(48)55-46)51-53-49(37-16-6-2-7-17-37)52-50(54-51)38-18-8-3-9-19-38/h1-2,4-8,10-12,14-23,25-33H,3,9,13,24H2. The van der Waals surface area contributed by atoms with Crippen LogP contribution in [0.15, 0.2) is 170 Å². The van der Waals surface area contributed by atoms with E-state index in [2.05, 4.69) is 158 Å². The Labute approximate surface area is 325 Å². The van der Waals surface area contributed by atoms with Gasteiger partial charge in [0.2, 0.25) is 0 Å². The summed E-state index contributed by atoms with van der Waals surface area (Å²) in [6, 6.07) is 54.4. The fourth-order valence-electron chi connectivity index (χ4n) is 7.91. The van der Waals surface area contributed by atoms with Crippen molar-refractivity contribution in [1.29, 1.82) is 0 Å². The third-order valence-electron chi connectivity index (χ3n) is 10.7. The van der Waals surface area contributed by atoms with Crippen molar-refractivity contribution in [2.75, 3.05) is 0 Å². The molecule has 0 bridgehead atoms. The third-order valence-corrected chi connectivity index (χ3v) is 11.8. The largest absolute Gasteiger partial charge is 0.209 e. The highest BCUT2D eigenvalue weighted by atomic mass is 32.1. The summed E-state index contributed by atoms with van der Waals surface area (Å²) in [5.74, 6) is 2.24. The highest BCUT2D eigenvalue weighted by Gasteiger charge is 2.19. The van der Waals surface area contributed by atoms with E-state index >= 15 is 0 Å². The van der Waals surface area contributed by atoms with Gasteiger partial charge in [-0.15, -0.1) is 11.3 Å². The molecule has 8 aromatic rings. The van der Waals surface area contributed by atoms with Gasteiger partial charge in [0, 0.05) is 36.5 Å². The number of nitrogens with zero attached hydrogens (tertiary/aromatic N) is 3. The molecule has 2 aromatic heterocycles. The normalized spacial score (nSPS) is 13.7. The van der Waals surface area contributed by atoms with Crippen LogP contribution in [0.1, 0.15) is 37.3 Å². The molecule has 0 radical (unpaired) electrons. The van der Waals surface area contributed by atoms with Crippen molar-refractivity contribution in [3.8, 4) is 55.9 Å². The Hall–Kier alpha value is -6.49. The number of hydrogen-bond acceptors (Lipinski definition) is 4. The molecule has 2 heterocycles. The lowest BCUT2D eigenvalue weighted by atomic mass is 9.91. The molecule has 0 saturated heterocycles. The molecule has 10 rings (SSSR count). The topological polar surface area (TPSA) is 38.7 Å². The van der Waals surface area contributed by atoms with Crippen LogP contribution in [0.2, 0.25) is 0 Å². The number of aromatic nitrogens is 3. The van der Waals surface area contributed by atoms with Gasteiger partial charge in [0.15, 0.2) is 17.5 Å². The van der Waals surface area contributed by atoms with Crippen LogP contribution in [0.4, 0.5) is 0 Å². The van der Waals surface area contributed by atoms with Gasteiger partial charge in [-0.2, -0.15) is 0 Å². The van der Waals surface area contributed by atoms with E-state index in [-0.39, 0.29) is 0 Å². The van der Waals surface area contributed by atoms with Gasteiger partial charge in [-0.3, -0.25) is 0 Å². The van der Waals surface area contributed by atoms with Crippen molar-refractivity contribution in [2.24, 2.45) is 0 Å². The van der Waals surface area contributed by atoms with Gasteiger partial charge < -0.3 is 0 Å². The van der Waals surface area contributed by atoms with Gasteiger partial charge in [-0.05, 0) is 88.4 Å². The minimum Gasteiger partial charge on any atom is -0.209 e. The number of allylic oxidation sites excluding steroid dienone is 4. The molecule has 0 unspecified atom stereocenters. The van der Waals surface area contributed by atoms with Crippen LogP contribution in [0, 0.1) is 0 Å². The Kier molecular flexibility index (Phi) is 8.66. The van der Waals surface area contributed by atoms with Crippen molar-refractivity contribution in [1.82, 2.24) is 15.0 Å². The van der Waals surface area contributed by atoms with Crippen LogP contribution in [-0.2, 0) is 0 Å². The summed E-state index contributed by atoms with van der Waals surface area (Å²) in [7, 11) is 0. The van der Waals surface area contributed by atoms with Gasteiger partial charge in [-0.25, -0.2) is 15.0 Å². The molecule has 3 nitrogen and oxygen atoms in total. The number of hydrogen-bond donors (Lipinski definition) is 0. The molecule has 0 spiro atoms. The van der Waals surface area contributed by atoms with Crippen LogP contribution in [0.3, 0.4) is 0 Å². The molecule has 0 aliphatic heterocycles. The fourth-order valence-corrected chi connectivity index (χ4v) is 9.09. The lowest BCUT2D eigenvalue weighted by molar-refractivity contribution is 0.957. The summed E-state index contributed by atoms with van der Waals surface area (Å²) in [4.78, 5) is 15.3. The minimum atomic E-state index is 0.716. The second-order valence-corrected chi connectivity index (χ2v) is 15.2. The first-order valence-corrected chi connectivity index (χ1v) is 19.9. The lowest BCUT2D eigenvalue weighted by Crippen LogP contribution is -2.26. The van der Waals surface area contributed by atoms with Crippen molar-refractivity contribution < 1.29 is 0 Å². The van der Waals surface area contributed by atoms with Crippen LogP contribution >= 0.6 is 11.3 Å². The summed E-state index contributed by atoms with van der Waals surface area (Å²) in [6.07, 6.45) is 12.9. The first-order valence-electron chi connectivity index (χ1n) is 19.1. The summed E-state index contributed by atoms with van der Waals surface area (Å²) >= 11 is 1.86. The number of thiophene rings is 1. The van der Waals surface area contributed by atoms with Gasteiger partial charge in [0.05, 0.1) is 0 Å². The number of fused-ring (bicyclic) bond motifs is 3. The molecule has 262 valence electrons. The maximum atomic E-state index is 5.18. The summed E-state index contributed by atoms with van der Waals surface area (Å²) in [6.45, 7) is 0. The molecule has 0 amide bonds. The average molecular weight is 724 g/mol. The highest BCUT2D eigenvalue weighted by molar-refractivity contribution is 7.17. The monoisotopic (exact) mass is 723 g/mol. The minimum absolute atomic E-state index is 0.716. The van der Waals surface area contributed by atoms with Gasteiger partial charge in [0.1, 0.15) is 0 Å². The molecule has 0 saturated carbocycles. The molecule has 0 atom stereocenters. The van der Waals surface area contributed by atoms with E-state index < -0.39 is 0 Å². The first-order chi connectivity index (χ1) is 27.2. The molecule has 6 aromatic carbocycles. The van der Waals surface area contributed by atoms with E-state index in [1.807, 2.05) is 29.5 Å². The zero-order valence-corrected chi connectivity index (χ0v) is 31.1. The van der Waals surface area contributed by atoms with Gasteiger partial charge >= 0.3 is 0 Å². The predicted octanol–water partition coefficient (Wildman–Crippen LogP) is 11.9. The van der Waals surface area contributed by atoms with Crippen LogP contribution in [-0.4, -0.2) is 15.0 Å². The van der Waals surface area contributed by atoms with Crippen molar-refractivity contribution in [3.63, 3.8) is 0 Å². The molecular weight excluding hydrogens is 687 g/mol. The molecule has 4 heteroatoms. The summed E-state index contributed by atoms with van der Waals surface area (Å²) < 4.78 is 2.58. The lowest BCUT2D eigenvalue weighted by Gasteiger charge is -2.14. The smallest absolute Gasteiger partial charge is 0.164 e. The zero-order valence-electron chi connectivity index (χ0n) is 30.3. The Morgan fingerprint density at radius 2 is 1.05 bits per heavy atom. The van der Waals surface area contributed by atoms with Gasteiger partial charge in [0.25, 0.3) is 0 Å². The zero-order chi connectivity index (χ0) is 36.6. The van der Waals surface area contributed by atoms with Crippen LogP contribution in [0.5, 0.6) is 0 Å². The highest BCUT2D eigenvalue weighted by Crippen LogP contribution is 2.36. The quantitative estimate of drug-likeness (QED) is 0.164. The first kappa shape index (κ1) is 33.1. The molecule has 2 aliphatic carbocycles. The number of rotatable bonds is 7. The van der Waals surface area contributed by atoms with Crippen molar-refractivity contribution >= 4 is 38.6 Å². The van der Waals surface area contributed by atoms with E-state index in [1.54, 1.807) is 0 Å².